The van der Waals surface area contributed by atoms with Gasteiger partial charge in [-0.2, -0.15) is 0 Å². The molecule has 6 nitrogen and oxygen atoms in total. The van der Waals surface area contributed by atoms with Crippen LogP contribution in [0.5, 0.6) is 0 Å². The van der Waals surface area contributed by atoms with Gasteiger partial charge in [0.15, 0.2) is 6.10 Å². The van der Waals surface area contributed by atoms with E-state index in [1.165, 1.54) is 122 Å². The van der Waals surface area contributed by atoms with Crippen LogP contribution in [0.15, 0.2) is 60.8 Å². The molecule has 0 N–H and O–H groups in total. The topological polar surface area (TPSA) is 78.9 Å². The third-order valence-electron chi connectivity index (χ3n) is 11.8. The minimum atomic E-state index is -0.787. The molecule has 370 valence electrons. The molecule has 0 rings (SSSR count). The van der Waals surface area contributed by atoms with Gasteiger partial charge < -0.3 is 14.2 Å². The molecule has 0 aromatic rings. The van der Waals surface area contributed by atoms with Crippen LogP contribution in [-0.2, 0) is 28.6 Å². The zero-order chi connectivity index (χ0) is 46.5. The fraction of sp³-hybridized carbons (Fsp3) is 0.776. The lowest BCUT2D eigenvalue weighted by Gasteiger charge is -2.18. The van der Waals surface area contributed by atoms with Gasteiger partial charge in [-0.05, 0) is 77.0 Å². The Hall–Kier alpha value is -2.89. The molecule has 0 saturated heterocycles. The van der Waals surface area contributed by atoms with Gasteiger partial charge in [0, 0.05) is 19.3 Å². The fourth-order valence-electron chi connectivity index (χ4n) is 7.73. The largest absolute Gasteiger partial charge is 0.462 e. The average Bonchev–Trinajstić information content (AvgIpc) is 3.29. The lowest BCUT2D eigenvalue weighted by atomic mass is 10.0. The van der Waals surface area contributed by atoms with Crippen LogP contribution in [0.2, 0.25) is 0 Å². The molecule has 0 spiro atoms. The van der Waals surface area contributed by atoms with Crippen LogP contribution in [0.1, 0.15) is 271 Å². The second-order valence-corrected chi connectivity index (χ2v) is 18.1. The molecule has 0 radical (unpaired) electrons. The molecule has 0 aliphatic carbocycles. The summed E-state index contributed by atoms with van der Waals surface area (Å²) in [6.07, 6.45) is 65.0. The van der Waals surface area contributed by atoms with Crippen molar-refractivity contribution in [3.63, 3.8) is 0 Å². The highest BCUT2D eigenvalue weighted by Crippen LogP contribution is 2.16. The normalized spacial score (nSPS) is 12.5. The number of hydrogen-bond acceptors (Lipinski definition) is 6. The summed E-state index contributed by atoms with van der Waals surface area (Å²) in [5.41, 5.74) is 0. The molecule has 0 aromatic carbocycles. The molecule has 0 bridgehead atoms. The maximum atomic E-state index is 12.8. The first-order valence-corrected chi connectivity index (χ1v) is 27.3. The van der Waals surface area contributed by atoms with Crippen molar-refractivity contribution in [1.82, 2.24) is 0 Å². The van der Waals surface area contributed by atoms with Gasteiger partial charge in [0.25, 0.3) is 0 Å². The molecule has 0 aliphatic heterocycles. The van der Waals surface area contributed by atoms with E-state index in [0.717, 1.165) is 109 Å². The van der Waals surface area contributed by atoms with E-state index in [2.05, 4.69) is 81.5 Å². The van der Waals surface area contributed by atoms with Crippen molar-refractivity contribution < 1.29 is 28.6 Å². The maximum Gasteiger partial charge on any atom is 0.306 e. The summed E-state index contributed by atoms with van der Waals surface area (Å²) in [5.74, 6) is -0.906. The van der Waals surface area contributed by atoms with Gasteiger partial charge in [-0.15, -0.1) is 0 Å². The lowest BCUT2D eigenvalue weighted by Crippen LogP contribution is -2.30. The smallest absolute Gasteiger partial charge is 0.306 e. The lowest BCUT2D eigenvalue weighted by molar-refractivity contribution is -0.167. The third-order valence-corrected chi connectivity index (χ3v) is 11.8. The van der Waals surface area contributed by atoms with Crippen LogP contribution >= 0.6 is 0 Å². The first-order valence-electron chi connectivity index (χ1n) is 27.3. The van der Waals surface area contributed by atoms with Crippen LogP contribution in [-0.4, -0.2) is 37.2 Å². The number of allylic oxidation sites excluding steroid dienone is 10. The average molecular weight is 895 g/mol. The van der Waals surface area contributed by atoms with Crippen molar-refractivity contribution in [3.8, 4) is 0 Å². The third kappa shape index (κ3) is 50.1. The minimum absolute atomic E-state index is 0.0838. The summed E-state index contributed by atoms with van der Waals surface area (Å²) >= 11 is 0. The molecule has 1 unspecified atom stereocenters. The van der Waals surface area contributed by atoms with E-state index in [0.29, 0.717) is 19.3 Å². The Morgan fingerprint density at radius 3 is 0.953 bits per heavy atom. The predicted molar refractivity (Wildman–Crippen MR) is 275 cm³/mol. The van der Waals surface area contributed by atoms with Crippen molar-refractivity contribution in [1.29, 1.82) is 0 Å². The van der Waals surface area contributed by atoms with Crippen LogP contribution in [0, 0.1) is 0 Å². The van der Waals surface area contributed by atoms with Gasteiger partial charge in [0.1, 0.15) is 13.2 Å². The van der Waals surface area contributed by atoms with Crippen LogP contribution < -0.4 is 0 Å². The Balaban J connectivity index is 4.36. The summed E-state index contributed by atoms with van der Waals surface area (Å²) in [5, 5.41) is 0. The molecule has 0 heterocycles. The molecule has 0 saturated carbocycles. The van der Waals surface area contributed by atoms with Gasteiger partial charge in [-0.1, -0.05) is 236 Å². The second kappa shape index (κ2) is 52.7. The van der Waals surface area contributed by atoms with Gasteiger partial charge in [0.2, 0.25) is 0 Å². The fourth-order valence-corrected chi connectivity index (χ4v) is 7.73. The van der Waals surface area contributed by atoms with E-state index in [9.17, 15) is 14.4 Å². The Labute approximate surface area is 396 Å². The first-order chi connectivity index (χ1) is 31.5. The van der Waals surface area contributed by atoms with Crippen molar-refractivity contribution in [2.24, 2.45) is 0 Å². The highest BCUT2D eigenvalue weighted by molar-refractivity contribution is 5.71. The van der Waals surface area contributed by atoms with Crippen LogP contribution in [0.4, 0.5) is 0 Å². The Morgan fingerprint density at radius 1 is 0.328 bits per heavy atom. The van der Waals surface area contributed by atoms with Gasteiger partial charge >= 0.3 is 17.9 Å². The Morgan fingerprint density at radius 2 is 0.609 bits per heavy atom. The van der Waals surface area contributed by atoms with Gasteiger partial charge in [-0.3, -0.25) is 14.4 Å². The van der Waals surface area contributed by atoms with E-state index in [1.54, 1.807) is 0 Å². The van der Waals surface area contributed by atoms with Gasteiger partial charge in [-0.25, -0.2) is 0 Å². The van der Waals surface area contributed by atoms with E-state index in [4.69, 9.17) is 14.2 Å². The maximum absolute atomic E-state index is 12.8. The van der Waals surface area contributed by atoms with E-state index >= 15 is 0 Å². The molecule has 0 aliphatic rings. The highest BCUT2D eigenvalue weighted by Gasteiger charge is 2.19. The van der Waals surface area contributed by atoms with Gasteiger partial charge in [0.05, 0.1) is 0 Å². The van der Waals surface area contributed by atoms with E-state index < -0.39 is 6.10 Å². The Kier molecular flexibility index (Phi) is 50.4. The molecular weight excluding hydrogens is 793 g/mol. The number of ether oxygens (including phenoxy) is 3. The predicted octanol–water partition coefficient (Wildman–Crippen LogP) is 18.0. The molecule has 64 heavy (non-hydrogen) atoms. The number of carbonyl (C=O) groups excluding carboxylic acids is 3. The summed E-state index contributed by atoms with van der Waals surface area (Å²) in [6.45, 7) is 6.42. The second-order valence-electron chi connectivity index (χ2n) is 18.1. The number of rotatable bonds is 49. The molecule has 1 atom stereocenters. The molecule has 0 aromatic heterocycles. The number of carbonyl (C=O) groups is 3. The standard InChI is InChI=1S/C58H102O6/c1-4-7-10-13-16-19-22-25-28-29-30-31-34-36-39-42-45-48-51-57(60)63-54-55(64-58(61)52-49-46-43-40-37-33-27-24-21-18-15-12-9-6-3)53-62-56(59)50-47-44-41-38-35-32-26-23-20-17-14-11-8-5-2/h8-9,11-12,17-18,20-21,27,33,55H,4-7,10,13-16,19,22-26,28-32,34-54H2,1-3H3/b11-8-,12-9-,20-17-,21-18-,33-27-. The van der Waals surface area contributed by atoms with Crippen molar-refractivity contribution in [2.75, 3.05) is 13.2 Å². The van der Waals surface area contributed by atoms with Crippen molar-refractivity contribution in [3.05, 3.63) is 60.8 Å². The quantitative estimate of drug-likeness (QED) is 0.0262. The molecule has 6 heteroatoms. The zero-order valence-corrected chi connectivity index (χ0v) is 42.3. The van der Waals surface area contributed by atoms with Crippen LogP contribution in [0.25, 0.3) is 0 Å². The SMILES string of the molecule is CC/C=C\C/C=C\C/C=C\CCCCCCC(=O)OC(COC(=O)CCCCCCCCC/C=C\C/C=C\CC)COC(=O)CCCCCCCCCCCCCCCCCCCC. The van der Waals surface area contributed by atoms with Crippen molar-refractivity contribution in [2.45, 2.75) is 277 Å². The zero-order valence-electron chi connectivity index (χ0n) is 42.3. The van der Waals surface area contributed by atoms with E-state index in [-0.39, 0.29) is 31.1 Å². The number of hydrogen-bond donors (Lipinski definition) is 0. The summed E-state index contributed by atoms with van der Waals surface area (Å²) < 4.78 is 16.8. The summed E-state index contributed by atoms with van der Waals surface area (Å²) in [7, 11) is 0. The van der Waals surface area contributed by atoms with Crippen LogP contribution in [0.3, 0.4) is 0 Å². The minimum Gasteiger partial charge on any atom is -0.462 e. The monoisotopic (exact) mass is 895 g/mol. The Bertz CT molecular complexity index is 1170. The highest BCUT2D eigenvalue weighted by atomic mass is 16.6. The molecular formula is C58H102O6. The van der Waals surface area contributed by atoms with Crippen molar-refractivity contribution >= 4 is 17.9 Å². The first kappa shape index (κ1) is 61.1. The molecule has 0 fully saturated rings. The number of esters is 3. The molecule has 0 amide bonds. The summed E-state index contributed by atoms with van der Waals surface area (Å²) in [6, 6.07) is 0. The number of unbranched alkanes of at least 4 members (excludes halogenated alkanes) is 28. The van der Waals surface area contributed by atoms with E-state index in [1.807, 2.05) is 0 Å². The summed E-state index contributed by atoms with van der Waals surface area (Å²) in [4.78, 5) is 38.0.